The molecule has 0 saturated heterocycles. The molecule has 0 atom stereocenters. The molecule has 0 bridgehead atoms. The van der Waals surface area contributed by atoms with E-state index in [1.54, 1.807) is 6.21 Å². The number of rotatable bonds is 6. The predicted octanol–water partition coefficient (Wildman–Crippen LogP) is 5.57. The van der Waals surface area contributed by atoms with Gasteiger partial charge in [-0.25, -0.2) is 0 Å². The number of nitrogens with zero attached hydrogens (tertiary/aromatic N) is 1. The van der Waals surface area contributed by atoms with E-state index < -0.39 is 0 Å². The molecular formula is C19H17BrClNO2. The maximum Gasteiger partial charge on any atom is 0.176 e. The number of aliphatic imine (C=N–C) groups is 1. The fraction of sp³-hybridized carbons (Fsp3) is 0.211. The summed E-state index contributed by atoms with van der Waals surface area (Å²) in [5.41, 5.74) is 2.63. The summed E-state index contributed by atoms with van der Waals surface area (Å²) in [5, 5.41) is 0.693. The first-order valence-electron chi connectivity index (χ1n) is 7.38. The van der Waals surface area contributed by atoms with Gasteiger partial charge in [0.15, 0.2) is 11.5 Å². The average molecular weight is 407 g/mol. The molecule has 0 aliphatic rings. The van der Waals surface area contributed by atoms with E-state index in [1.807, 2.05) is 44.2 Å². The first-order valence-corrected chi connectivity index (χ1v) is 8.55. The second kappa shape index (κ2) is 8.77. The Hall–Kier alpha value is -1.96. The van der Waals surface area contributed by atoms with Crippen LogP contribution in [0.4, 0.5) is 5.69 Å². The van der Waals surface area contributed by atoms with Crippen molar-refractivity contribution in [2.24, 2.45) is 4.99 Å². The molecule has 24 heavy (non-hydrogen) atoms. The Kier molecular flexibility index (Phi) is 6.72. The van der Waals surface area contributed by atoms with Crippen molar-refractivity contribution in [1.29, 1.82) is 0 Å². The molecule has 0 aromatic heterocycles. The van der Waals surface area contributed by atoms with Crippen LogP contribution in [0.25, 0.3) is 0 Å². The molecule has 124 valence electrons. The van der Waals surface area contributed by atoms with Gasteiger partial charge in [0.2, 0.25) is 0 Å². The van der Waals surface area contributed by atoms with Gasteiger partial charge in [0.25, 0.3) is 0 Å². The highest BCUT2D eigenvalue weighted by Gasteiger charge is 2.11. The maximum atomic E-state index is 6.12. The molecule has 0 N–H and O–H groups in total. The van der Waals surface area contributed by atoms with Crippen LogP contribution in [0.1, 0.15) is 18.1 Å². The highest BCUT2D eigenvalue weighted by Crippen LogP contribution is 2.36. The van der Waals surface area contributed by atoms with Crippen molar-refractivity contribution in [2.45, 2.75) is 13.8 Å². The van der Waals surface area contributed by atoms with Crippen LogP contribution in [0.3, 0.4) is 0 Å². The van der Waals surface area contributed by atoms with Gasteiger partial charge in [-0.1, -0.05) is 23.6 Å². The van der Waals surface area contributed by atoms with Crippen LogP contribution in [-0.2, 0) is 0 Å². The molecule has 0 spiro atoms. The molecule has 0 amide bonds. The molecule has 2 rings (SSSR count). The molecular weight excluding hydrogens is 390 g/mol. The average Bonchev–Trinajstić information content (AvgIpc) is 2.56. The Morgan fingerprint density at radius 1 is 1.33 bits per heavy atom. The van der Waals surface area contributed by atoms with Crippen LogP contribution in [0.15, 0.2) is 39.8 Å². The second-order valence-electron chi connectivity index (χ2n) is 4.90. The first kappa shape index (κ1) is 18.4. The van der Waals surface area contributed by atoms with Crippen LogP contribution >= 0.6 is 27.5 Å². The molecule has 0 aliphatic heterocycles. The van der Waals surface area contributed by atoms with Gasteiger partial charge >= 0.3 is 0 Å². The summed E-state index contributed by atoms with van der Waals surface area (Å²) in [6.07, 6.45) is 7.02. The highest BCUT2D eigenvalue weighted by atomic mass is 79.9. The minimum Gasteiger partial charge on any atom is -0.490 e. The lowest BCUT2D eigenvalue weighted by Crippen LogP contribution is -2.01. The second-order valence-corrected chi connectivity index (χ2v) is 6.16. The first-order chi connectivity index (χ1) is 11.6. The van der Waals surface area contributed by atoms with Gasteiger partial charge in [-0.05, 0) is 65.2 Å². The van der Waals surface area contributed by atoms with Crippen molar-refractivity contribution >= 4 is 39.4 Å². The van der Waals surface area contributed by atoms with E-state index >= 15 is 0 Å². The standard InChI is InChI=1S/C19H17BrClNO2/c1-4-9-24-19-15(20)10-14(11-18(19)23-5-2)12-22-17-8-6-7-16(21)13(17)3/h1,6-8,10-12H,5,9H2,2-3H3. The SMILES string of the molecule is C#CCOc1c(Br)cc(C=Nc2cccc(Cl)c2C)cc1OCC. The quantitative estimate of drug-likeness (QED) is 0.463. The highest BCUT2D eigenvalue weighted by molar-refractivity contribution is 9.10. The Morgan fingerprint density at radius 2 is 2.12 bits per heavy atom. The zero-order chi connectivity index (χ0) is 17.5. The number of terminal acetylenes is 1. The largest absolute Gasteiger partial charge is 0.490 e. The predicted molar refractivity (Wildman–Crippen MR) is 103 cm³/mol. The summed E-state index contributed by atoms with van der Waals surface area (Å²) in [4.78, 5) is 4.51. The van der Waals surface area contributed by atoms with Crippen LogP contribution in [-0.4, -0.2) is 19.4 Å². The molecule has 3 nitrogen and oxygen atoms in total. The van der Waals surface area contributed by atoms with Gasteiger partial charge in [0.1, 0.15) is 6.61 Å². The molecule has 0 unspecified atom stereocenters. The summed E-state index contributed by atoms with van der Waals surface area (Å²) in [5.74, 6) is 3.65. The number of benzene rings is 2. The Labute approximate surface area is 155 Å². The zero-order valence-corrected chi connectivity index (χ0v) is 15.8. The monoisotopic (exact) mass is 405 g/mol. The van der Waals surface area contributed by atoms with Crippen molar-refractivity contribution < 1.29 is 9.47 Å². The summed E-state index contributed by atoms with van der Waals surface area (Å²) < 4.78 is 12.0. The maximum absolute atomic E-state index is 6.12. The number of hydrogen-bond acceptors (Lipinski definition) is 3. The third-order valence-electron chi connectivity index (χ3n) is 3.22. The van der Waals surface area contributed by atoms with Gasteiger partial charge in [0, 0.05) is 11.2 Å². The van der Waals surface area contributed by atoms with Crippen molar-refractivity contribution in [2.75, 3.05) is 13.2 Å². The lowest BCUT2D eigenvalue weighted by atomic mass is 10.2. The molecule has 0 saturated carbocycles. The Morgan fingerprint density at radius 3 is 2.83 bits per heavy atom. The van der Waals surface area contributed by atoms with Gasteiger partial charge in [-0.3, -0.25) is 4.99 Å². The van der Waals surface area contributed by atoms with Crippen molar-refractivity contribution in [3.05, 3.63) is 51.0 Å². The van der Waals surface area contributed by atoms with Crippen molar-refractivity contribution in [3.8, 4) is 23.8 Å². The summed E-state index contributed by atoms with van der Waals surface area (Å²) in [6.45, 7) is 4.54. The minimum atomic E-state index is 0.174. The number of ether oxygens (including phenoxy) is 2. The van der Waals surface area contributed by atoms with E-state index in [2.05, 4.69) is 26.8 Å². The van der Waals surface area contributed by atoms with Crippen LogP contribution < -0.4 is 9.47 Å². The van der Waals surface area contributed by atoms with E-state index in [0.29, 0.717) is 23.1 Å². The van der Waals surface area contributed by atoms with E-state index in [-0.39, 0.29) is 6.61 Å². The number of hydrogen-bond donors (Lipinski definition) is 0. The van der Waals surface area contributed by atoms with Gasteiger partial charge in [0.05, 0.1) is 16.8 Å². The molecule has 5 heteroatoms. The fourth-order valence-electron chi connectivity index (χ4n) is 2.06. The minimum absolute atomic E-state index is 0.174. The Bertz CT molecular complexity index is 797. The summed E-state index contributed by atoms with van der Waals surface area (Å²) >= 11 is 9.62. The molecule has 0 heterocycles. The van der Waals surface area contributed by atoms with Gasteiger partial charge in [-0.15, -0.1) is 6.42 Å². The smallest absolute Gasteiger partial charge is 0.176 e. The van der Waals surface area contributed by atoms with Gasteiger partial charge in [-0.2, -0.15) is 0 Å². The van der Waals surface area contributed by atoms with E-state index in [9.17, 15) is 0 Å². The summed E-state index contributed by atoms with van der Waals surface area (Å²) in [7, 11) is 0. The van der Waals surface area contributed by atoms with E-state index in [1.165, 1.54) is 0 Å². The van der Waals surface area contributed by atoms with Crippen molar-refractivity contribution in [1.82, 2.24) is 0 Å². The van der Waals surface area contributed by atoms with Crippen LogP contribution in [0.2, 0.25) is 5.02 Å². The van der Waals surface area contributed by atoms with Crippen molar-refractivity contribution in [3.63, 3.8) is 0 Å². The fourth-order valence-corrected chi connectivity index (χ4v) is 2.80. The summed E-state index contributed by atoms with van der Waals surface area (Å²) in [6, 6.07) is 9.40. The number of halogens is 2. The molecule has 0 fully saturated rings. The molecule has 0 aliphatic carbocycles. The topological polar surface area (TPSA) is 30.8 Å². The van der Waals surface area contributed by atoms with Gasteiger partial charge < -0.3 is 9.47 Å². The third-order valence-corrected chi connectivity index (χ3v) is 4.22. The third kappa shape index (κ3) is 4.53. The van der Waals surface area contributed by atoms with E-state index in [4.69, 9.17) is 27.5 Å². The zero-order valence-electron chi connectivity index (χ0n) is 13.5. The lowest BCUT2D eigenvalue weighted by molar-refractivity contribution is 0.298. The van der Waals surface area contributed by atoms with Crippen LogP contribution in [0, 0.1) is 19.3 Å². The molecule has 0 radical (unpaired) electrons. The van der Waals surface area contributed by atoms with Crippen LogP contribution in [0.5, 0.6) is 11.5 Å². The molecule has 2 aromatic rings. The lowest BCUT2D eigenvalue weighted by Gasteiger charge is -2.13. The van der Waals surface area contributed by atoms with E-state index in [0.717, 1.165) is 21.3 Å². The molecule has 2 aromatic carbocycles. The normalized spacial score (nSPS) is 10.6. The Balaban J connectivity index is 2.35.